The molecule has 8 nitrogen and oxygen atoms in total. The number of hydrogen-bond acceptors (Lipinski definition) is 6. The second-order valence-electron chi connectivity index (χ2n) is 4.26. The summed E-state index contributed by atoms with van der Waals surface area (Å²) in [5.74, 6) is -0.858. The van der Waals surface area contributed by atoms with Gasteiger partial charge < -0.3 is 9.63 Å². The van der Waals surface area contributed by atoms with Crippen molar-refractivity contribution in [3.05, 3.63) is 41.5 Å². The molecule has 21 heavy (non-hydrogen) atoms. The summed E-state index contributed by atoms with van der Waals surface area (Å²) in [6, 6.07) is 3.94. The molecule has 0 spiro atoms. The Kier molecular flexibility index (Phi) is 4.34. The average Bonchev–Trinajstić information content (AvgIpc) is 2.91. The van der Waals surface area contributed by atoms with Crippen LogP contribution in [0.4, 0.5) is 0 Å². The summed E-state index contributed by atoms with van der Waals surface area (Å²) in [6.45, 7) is 1.67. The van der Waals surface area contributed by atoms with Gasteiger partial charge in [0.1, 0.15) is 0 Å². The average molecular weight is 311 g/mol. The third kappa shape index (κ3) is 3.64. The first-order chi connectivity index (χ1) is 9.90. The van der Waals surface area contributed by atoms with Crippen molar-refractivity contribution in [2.24, 2.45) is 0 Å². The normalized spacial score (nSPS) is 11.5. The van der Waals surface area contributed by atoms with E-state index in [9.17, 15) is 13.2 Å². The predicted octanol–water partition coefficient (Wildman–Crippen LogP) is 0.597. The van der Waals surface area contributed by atoms with E-state index in [1.807, 2.05) is 0 Å². The monoisotopic (exact) mass is 311 g/mol. The van der Waals surface area contributed by atoms with Crippen LogP contribution in [-0.2, 0) is 16.4 Å². The molecular weight excluding hydrogens is 298 g/mol. The van der Waals surface area contributed by atoms with Crippen molar-refractivity contribution in [1.82, 2.24) is 14.9 Å². The van der Waals surface area contributed by atoms with Gasteiger partial charge in [-0.15, -0.1) is 0 Å². The number of sulfonamides is 1. The lowest BCUT2D eigenvalue weighted by molar-refractivity contribution is 0.0696. The number of carbonyl (C=O) groups is 1. The van der Waals surface area contributed by atoms with Crippen LogP contribution >= 0.6 is 0 Å². The van der Waals surface area contributed by atoms with Crippen LogP contribution in [0.15, 0.2) is 33.9 Å². The van der Waals surface area contributed by atoms with E-state index in [0.29, 0.717) is 11.5 Å². The number of carboxylic acids is 1. The Labute approximate surface area is 120 Å². The molecule has 0 fully saturated rings. The molecule has 0 bridgehead atoms. The van der Waals surface area contributed by atoms with Gasteiger partial charge >= 0.3 is 5.97 Å². The Morgan fingerprint density at radius 2 is 2.19 bits per heavy atom. The summed E-state index contributed by atoms with van der Waals surface area (Å²) >= 11 is 0. The highest BCUT2D eigenvalue weighted by atomic mass is 32.2. The lowest BCUT2D eigenvalue weighted by atomic mass is 10.1. The molecule has 1 aromatic carbocycles. The Balaban J connectivity index is 2.12. The highest BCUT2D eigenvalue weighted by molar-refractivity contribution is 7.89. The summed E-state index contributed by atoms with van der Waals surface area (Å²) in [6.07, 6.45) is 1.47. The molecule has 1 aromatic heterocycles. The Bertz CT molecular complexity index is 740. The molecule has 2 N–H and O–H groups in total. The highest BCUT2D eigenvalue weighted by Gasteiger charge is 2.17. The summed E-state index contributed by atoms with van der Waals surface area (Å²) in [5, 5.41) is 12.4. The molecule has 2 aromatic rings. The van der Waals surface area contributed by atoms with Crippen LogP contribution in [0, 0.1) is 6.92 Å². The van der Waals surface area contributed by atoms with Gasteiger partial charge in [-0.05, 0) is 24.6 Å². The number of aryl methyl sites for hydroxylation is 1. The maximum absolute atomic E-state index is 12.1. The van der Waals surface area contributed by atoms with E-state index in [-0.39, 0.29) is 23.4 Å². The molecule has 0 radical (unpaired) electrons. The van der Waals surface area contributed by atoms with Gasteiger partial charge in [-0.3, -0.25) is 0 Å². The first kappa shape index (κ1) is 15.1. The SMILES string of the molecule is Cc1ccc(S(=O)(=O)NCCc2ncno2)cc1C(=O)O. The third-order valence-electron chi connectivity index (χ3n) is 2.79. The topological polar surface area (TPSA) is 122 Å². The first-order valence-corrected chi connectivity index (χ1v) is 7.47. The van der Waals surface area contributed by atoms with E-state index in [2.05, 4.69) is 14.9 Å². The quantitative estimate of drug-likeness (QED) is 0.800. The maximum atomic E-state index is 12.1. The molecule has 0 unspecified atom stereocenters. The second-order valence-corrected chi connectivity index (χ2v) is 6.03. The summed E-state index contributed by atoms with van der Waals surface area (Å²) in [5.41, 5.74) is 0.446. The van der Waals surface area contributed by atoms with Crippen LogP contribution in [0.3, 0.4) is 0 Å². The van der Waals surface area contributed by atoms with E-state index in [1.165, 1.54) is 18.5 Å². The third-order valence-corrected chi connectivity index (χ3v) is 4.25. The van der Waals surface area contributed by atoms with Crippen LogP contribution in [-0.4, -0.2) is 36.2 Å². The molecule has 0 aliphatic carbocycles. The standard InChI is InChI=1S/C12H13N3O5S/c1-8-2-3-9(6-10(8)12(16)17)21(18,19)15-5-4-11-13-7-14-20-11/h2-3,6-7,15H,4-5H2,1H3,(H,16,17). The zero-order chi connectivity index (χ0) is 15.5. The smallest absolute Gasteiger partial charge is 0.335 e. The van der Waals surface area contributed by atoms with Crippen LogP contribution in [0.5, 0.6) is 0 Å². The number of benzene rings is 1. The molecule has 0 atom stereocenters. The molecule has 0 saturated carbocycles. The second kappa shape index (κ2) is 6.02. The fourth-order valence-corrected chi connectivity index (χ4v) is 2.74. The molecule has 1 heterocycles. The number of carboxylic acid groups (broad SMARTS) is 1. The van der Waals surface area contributed by atoms with Gasteiger partial charge in [-0.25, -0.2) is 17.9 Å². The van der Waals surface area contributed by atoms with Crippen molar-refractivity contribution in [1.29, 1.82) is 0 Å². The van der Waals surface area contributed by atoms with Gasteiger partial charge in [0.15, 0.2) is 6.33 Å². The lowest BCUT2D eigenvalue weighted by Crippen LogP contribution is -2.26. The highest BCUT2D eigenvalue weighted by Crippen LogP contribution is 2.15. The number of nitrogens with zero attached hydrogens (tertiary/aromatic N) is 2. The van der Waals surface area contributed by atoms with Crippen molar-refractivity contribution < 1.29 is 22.8 Å². The van der Waals surface area contributed by atoms with Crippen molar-refractivity contribution in [3.8, 4) is 0 Å². The number of nitrogens with one attached hydrogen (secondary N) is 1. The van der Waals surface area contributed by atoms with E-state index >= 15 is 0 Å². The zero-order valence-electron chi connectivity index (χ0n) is 11.1. The number of hydrogen-bond donors (Lipinski definition) is 2. The van der Waals surface area contributed by atoms with E-state index in [4.69, 9.17) is 9.63 Å². The summed E-state index contributed by atoms with van der Waals surface area (Å²) < 4.78 is 31.2. The van der Waals surface area contributed by atoms with Crippen LogP contribution in [0.1, 0.15) is 21.8 Å². The molecular formula is C12H13N3O5S. The van der Waals surface area contributed by atoms with Crippen LogP contribution in [0.2, 0.25) is 0 Å². The fraction of sp³-hybridized carbons (Fsp3) is 0.250. The molecule has 112 valence electrons. The Morgan fingerprint density at radius 1 is 1.43 bits per heavy atom. The number of aromatic carboxylic acids is 1. The predicted molar refractivity (Wildman–Crippen MR) is 71.3 cm³/mol. The Morgan fingerprint density at radius 3 is 2.81 bits per heavy atom. The van der Waals surface area contributed by atoms with E-state index < -0.39 is 16.0 Å². The Hall–Kier alpha value is -2.26. The van der Waals surface area contributed by atoms with Gasteiger partial charge in [0.2, 0.25) is 15.9 Å². The molecule has 0 amide bonds. The van der Waals surface area contributed by atoms with Gasteiger partial charge in [0.05, 0.1) is 10.5 Å². The van der Waals surface area contributed by atoms with E-state index in [1.54, 1.807) is 6.92 Å². The largest absolute Gasteiger partial charge is 0.478 e. The van der Waals surface area contributed by atoms with Crippen LogP contribution < -0.4 is 4.72 Å². The fourth-order valence-electron chi connectivity index (χ4n) is 1.68. The van der Waals surface area contributed by atoms with Gasteiger partial charge in [-0.2, -0.15) is 4.98 Å². The van der Waals surface area contributed by atoms with Gasteiger partial charge in [0.25, 0.3) is 0 Å². The van der Waals surface area contributed by atoms with Crippen molar-refractivity contribution in [2.75, 3.05) is 6.54 Å². The van der Waals surface area contributed by atoms with Gasteiger partial charge in [0, 0.05) is 13.0 Å². The molecule has 0 aliphatic heterocycles. The van der Waals surface area contributed by atoms with Crippen LogP contribution in [0.25, 0.3) is 0 Å². The van der Waals surface area contributed by atoms with Crippen molar-refractivity contribution in [3.63, 3.8) is 0 Å². The molecule has 2 rings (SSSR count). The maximum Gasteiger partial charge on any atom is 0.335 e. The summed E-state index contributed by atoms with van der Waals surface area (Å²) in [4.78, 5) is 14.7. The van der Waals surface area contributed by atoms with E-state index in [0.717, 1.165) is 6.07 Å². The summed E-state index contributed by atoms with van der Waals surface area (Å²) in [7, 11) is -3.79. The number of aromatic nitrogens is 2. The molecule has 0 saturated heterocycles. The first-order valence-electron chi connectivity index (χ1n) is 5.99. The number of rotatable bonds is 6. The van der Waals surface area contributed by atoms with Gasteiger partial charge in [-0.1, -0.05) is 11.2 Å². The lowest BCUT2D eigenvalue weighted by Gasteiger charge is -2.08. The molecule has 0 aliphatic rings. The molecule has 9 heteroatoms. The van der Waals surface area contributed by atoms with Crippen molar-refractivity contribution in [2.45, 2.75) is 18.2 Å². The zero-order valence-corrected chi connectivity index (χ0v) is 11.9. The minimum Gasteiger partial charge on any atom is -0.478 e. The minimum absolute atomic E-state index is 0.0465. The van der Waals surface area contributed by atoms with Crippen molar-refractivity contribution >= 4 is 16.0 Å². The minimum atomic E-state index is -3.79.